The number of rotatable bonds is 4. The fraction of sp³-hybridized carbons (Fsp3) is 0.462. The van der Waals surface area contributed by atoms with Crippen molar-refractivity contribution in [2.75, 3.05) is 29.4 Å². The van der Waals surface area contributed by atoms with Gasteiger partial charge in [-0.05, 0) is 31.2 Å². The standard InChI is InChI=1S/C13H16F3N3O3S.ClH/c1-23(21,22)19-10-3-2-9(13(14,15)16)6-11(10)18-12(20)8-4-5-17-7-8;/h2-3,6,8,17,19H,4-5,7H2,1H3,(H,18,20);1H. The van der Waals surface area contributed by atoms with Crippen LogP contribution >= 0.6 is 12.4 Å². The van der Waals surface area contributed by atoms with Gasteiger partial charge in [-0.1, -0.05) is 0 Å². The smallest absolute Gasteiger partial charge is 0.324 e. The highest BCUT2D eigenvalue weighted by molar-refractivity contribution is 7.92. The van der Waals surface area contributed by atoms with E-state index in [0.29, 0.717) is 25.6 Å². The van der Waals surface area contributed by atoms with Crippen LogP contribution in [-0.4, -0.2) is 33.7 Å². The van der Waals surface area contributed by atoms with E-state index in [-0.39, 0.29) is 29.7 Å². The number of hydrogen-bond acceptors (Lipinski definition) is 4. The summed E-state index contributed by atoms with van der Waals surface area (Å²) in [5.74, 6) is -0.818. The van der Waals surface area contributed by atoms with Gasteiger partial charge in [0.15, 0.2) is 0 Å². The Labute approximate surface area is 143 Å². The molecule has 0 saturated carbocycles. The van der Waals surface area contributed by atoms with Crippen LogP contribution in [0.25, 0.3) is 0 Å². The van der Waals surface area contributed by atoms with Crippen molar-refractivity contribution in [1.29, 1.82) is 0 Å². The second-order valence-corrected chi connectivity index (χ2v) is 7.06. The maximum Gasteiger partial charge on any atom is 0.416 e. The fourth-order valence-corrected chi connectivity index (χ4v) is 2.80. The summed E-state index contributed by atoms with van der Waals surface area (Å²) in [6.45, 7) is 1.08. The minimum Gasteiger partial charge on any atom is -0.324 e. The molecule has 3 N–H and O–H groups in total. The molecule has 0 aliphatic carbocycles. The molecule has 1 aliphatic rings. The lowest BCUT2D eigenvalue weighted by Gasteiger charge is -2.16. The van der Waals surface area contributed by atoms with E-state index < -0.39 is 27.7 Å². The lowest BCUT2D eigenvalue weighted by atomic mass is 10.1. The van der Waals surface area contributed by atoms with Crippen LogP contribution in [0, 0.1) is 5.92 Å². The molecule has 1 unspecified atom stereocenters. The summed E-state index contributed by atoms with van der Waals surface area (Å²) >= 11 is 0. The minimum absolute atomic E-state index is 0. The van der Waals surface area contributed by atoms with E-state index in [0.717, 1.165) is 18.4 Å². The number of sulfonamides is 1. The molecular weight excluding hydrogens is 371 g/mol. The molecular formula is C13H17ClF3N3O3S. The molecule has 1 fully saturated rings. The average Bonchev–Trinajstić information content (AvgIpc) is 2.91. The number of carbonyl (C=O) groups is 1. The van der Waals surface area contributed by atoms with Crippen LogP contribution in [-0.2, 0) is 21.0 Å². The maximum atomic E-state index is 12.8. The number of alkyl halides is 3. The third-order valence-corrected chi connectivity index (χ3v) is 3.92. The lowest BCUT2D eigenvalue weighted by Crippen LogP contribution is -2.25. The van der Waals surface area contributed by atoms with E-state index in [4.69, 9.17) is 0 Å². The molecule has 1 saturated heterocycles. The van der Waals surface area contributed by atoms with E-state index in [2.05, 4.69) is 15.4 Å². The van der Waals surface area contributed by atoms with Gasteiger partial charge in [0.05, 0.1) is 29.1 Å². The average molecular weight is 388 g/mol. The van der Waals surface area contributed by atoms with Crippen molar-refractivity contribution in [3.63, 3.8) is 0 Å². The molecule has 11 heteroatoms. The lowest BCUT2D eigenvalue weighted by molar-refractivity contribution is -0.137. The first kappa shape index (κ1) is 20.5. The highest BCUT2D eigenvalue weighted by Crippen LogP contribution is 2.34. The summed E-state index contributed by atoms with van der Waals surface area (Å²) in [5, 5.41) is 5.36. The number of anilines is 2. The molecule has 0 radical (unpaired) electrons. The highest BCUT2D eigenvalue weighted by Gasteiger charge is 2.32. The largest absolute Gasteiger partial charge is 0.416 e. The third kappa shape index (κ3) is 5.53. The number of carbonyl (C=O) groups excluding carboxylic acids is 1. The Bertz CT molecular complexity index is 704. The zero-order valence-electron chi connectivity index (χ0n) is 12.6. The topological polar surface area (TPSA) is 87.3 Å². The zero-order valence-corrected chi connectivity index (χ0v) is 14.2. The summed E-state index contributed by atoms with van der Waals surface area (Å²) in [4.78, 5) is 12.1. The number of amides is 1. The van der Waals surface area contributed by atoms with E-state index >= 15 is 0 Å². The summed E-state index contributed by atoms with van der Waals surface area (Å²) in [6, 6.07) is 2.44. The van der Waals surface area contributed by atoms with Gasteiger partial charge in [0.25, 0.3) is 0 Å². The fourth-order valence-electron chi connectivity index (χ4n) is 2.23. The Morgan fingerprint density at radius 3 is 2.46 bits per heavy atom. The van der Waals surface area contributed by atoms with Crippen molar-refractivity contribution < 1.29 is 26.4 Å². The number of nitrogens with one attached hydrogen (secondary N) is 3. The number of benzene rings is 1. The summed E-state index contributed by atoms with van der Waals surface area (Å²) in [7, 11) is -3.70. The molecule has 24 heavy (non-hydrogen) atoms. The molecule has 1 amide bonds. The Kier molecular flexibility index (Phi) is 6.48. The van der Waals surface area contributed by atoms with Gasteiger partial charge >= 0.3 is 6.18 Å². The van der Waals surface area contributed by atoms with E-state index in [1.165, 1.54) is 0 Å². The first-order valence-electron chi connectivity index (χ1n) is 6.77. The van der Waals surface area contributed by atoms with Crippen molar-refractivity contribution in [1.82, 2.24) is 5.32 Å². The van der Waals surface area contributed by atoms with Crippen LogP contribution in [0.1, 0.15) is 12.0 Å². The van der Waals surface area contributed by atoms with E-state index in [1.54, 1.807) is 0 Å². The van der Waals surface area contributed by atoms with Crippen LogP contribution in [0.2, 0.25) is 0 Å². The first-order chi connectivity index (χ1) is 10.6. The quantitative estimate of drug-likeness (QED) is 0.738. The van der Waals surface area contributed by atoms with Crippen LogP contribution in [0.4, 0.5) is 24.5 Å². The van der Waals surface area contributed by atoms with Crippen molar-refractivity contribution in [2.24, 2.45) is 5.92 Å². The minimum atomic E-state index is -4.60. The van der Waals surface area contributed by atoms with Gasteiger partial charge in [0, 0.05) is 6.54 Å². The second kappa shape index (κ2) is 7.58. The molecule has 136 valence electrons. The van der Waals surface area contributed by atoms with Crippen LogP contribution in [0.5, 0.6) is 0 Å². The number of hydrogen-bond donors (Lipinski definition) is 3. The van der Waals surface area contributed by atoms with Crippen LogP contribution in [0.15, 0.2) is 18.2 Å². The van der Waals surface area contributed by atoms with Crippen LogP contribution < -0.4 is 15.4 Å². The van der Waals surface area contributed by atoms with Gasteiger partial charge in [-0.25, -0.2) is 8.42 Å². The van der Waals surface area contributed by atoms with E-state index in [9.17, 15) is 26.4 Å². The van der Waals surface area contributed by atoms with Crippen molar-refractivity contribution in [2.45, 2.75) is 12.6 Å². The summed E-state index contributed by atoms with van der Waals surface area (Å²) < 4.78 is 63.2. The van der Waals surface area contributed by atoms with Crippen LogP contribution in [0.3, 0.4) is 0 Å². The van der Waals surface area contributed by atoms with Crippen molar-refractivity contribution >= 4 is 39.7 Å². The predicted octanol–water partition coefficient (Wildman–Crippen LogP) is 2.05. The van der Waals surface area contributed by atoms with Gasteiger partial charge in [-0.3, -0.25) is 9.52 Å². The molecule has 1 heterocycles. The highest BCUT2D eigenvalue weighted by atomic mass is 35.5. The molecule has 1 aromatic rings. The second-order valence-electron chi connectivity index (χ2n) is 5.31. The van der Waals surface area contributed by atoms with Gasteiger partial charge in [-0.15, -0.1) is 12.4 Å². The molecule has 1 aromatic carbocycles. The predicted molar refractivity (Wildman–Crippen MR) is 86.8 cm³/mol. The van der Waals surface area contributed by atoms with Gasteiger partial charge in [0.2, 0.25) is 15.9 Å². The molecule has 0 spiro atoms. The Morgan fingerprint density at radius 2 is 1.96 bits per heavy atom. The Morgan fingerprint density at radius 1 is 1.29 bits per heavy atom. The molecule has 0 aromatic heterocycles. The van der Waals surface area contributed by atoms with Crippen molar-refractivity contribution in [3.8, 4) is 0 Å². The SMILES string of the molecule is CS(=O)(=O)Nc1ccc(C(F)(F)F)cc1NC(=O)C1CCNC1.Cl. The van der Waals surface area contributed by atoms with Gasteiger partial charge in [0.1, 0.15) is 0 Å². The maximum absolute atomic E-state index is 12.8. The summed E-state index contributed by atoms with van der Waals surface area (Å²) in [5.41, 5.74) is -1.31. The Hall–Kier alpha value is -1.52. The van der Waals surface area contributed by atoms with Gasteiger partial charge in [-0.2, -0.15) is 13.2 Å². The summed E-state index contributed by atoms with van der Waals surface area (Å²) in [6.07, 6.45) is -3.16. The van der Waals surface area contributed by atoms with E-state index in [1.807, 2.05) is 0 Å². The van der Waals surface area contributed by atoms with Gasteiger partial charge < -0.3 is 10.6 Å². The molecule has 6 nitrogen and oxygen atoms in total. The normalized spacial score (nSPS) is 17.9. The molecule has 1 aliphatic heterocycles. The van der Waals surface area contributed by atoms with Crippen molar-refractivity contribution in [3.05, 3.63) is 23.8 Å². The third-order valence-electron chi connectivity index (χ3n) is 3.33. The molecule has 0 bridgehead atoms. The zero-order chi connectivity index (χ0) is 17.3. The first-order valence-corrected chi connectivity index (χ1v) is 8.66. The molecule has 1 atom stereocenters. The monoisotopic (exact) mass is 387 g/mol. The molecule has 2 rings (SSSR count). The number of halogens is 4. The Balaban J connectivity index is 0.00000288.